The van der Waals surface area contributed by atoms with Crippen molar-refractivity contribution in [2.24, 2.45) is 0 Å². The predicted octanol–water partition coefficient (Wildman–Crippen LogP) is 0.959. The topological polar surface area (TPSA) is 82.7 Å². The van der Waals surface area contributed by atoms with Gasteiger partial charge in [0, 0.05) is 38.1 Å². The summed E-state index contributed by atoms with van der Waals surface area (Å²) in [5.74, 6) is 0.649. The summed E-state index contributed by atoms with van der Waals surface area (Å²) >= 11 is 0. The fourth-order valence-electron chi connectivity index (χ4n) is 2.25. The number of rotatable bonds is 5. The summed E-state index contributed by atoms with van der Waals surface area (Å²) in [6, 6.07) is 0. The van der Waals surface area contributed by atoms with E-state index < -0.39 is 5.97 Å². The number of piperazine rings is 1. The van der Waals surface area contributed by atoms with E-state index in [1.807, 2.05) is 20.8 Å². The first-order valence-electron chi connectivity index (χ1n) is 7.34. The van der Waals surface area contributed by atoms with E-state index in [-0.39, 0.29) is 11.8 Å². The van der Waals surface area contributed by atoms with Crippen LogP contribution in [0, 0.1) is 0 Å². The van der Waals surface area contributed by atoms with Gasteiger partial charge in [-0.15, -0.1) is 0 Å². The van der Waals surface area contributed by atoms with Gasteiger partial charge in [-0.05, 0) is 0 Å². The number of aromatic nitrogens is 2. The average Bonchev–Trinajstić information content (AvgIpc) is 2.86. The van der Waals surface area contributed by atoms with Crippen LogP contribution in [0.25, 0.3) is 0 Å². The molecule has 7 nitrogen and oxygen atoms in total. The van der Waals surface area contributed by atoms with Crippen LogP contribution in [0.1, 0.15) is 38.9 Å². The van der Waals surface area contributed by atoms with Crippen LogP contribution in [-0.2, 0) is 16.8 Å². The lowest BCUT2D eigenvalue weighted by Crippen LogP contribution is -2.46. The molecule has 0 radical (unpaired) electrons. The predicted molar refractivity (Wildman–Crippen MR) is 77.0 cm³/mol. The first-order valence-corrected chi connectivity index (χ1v) is 7.34. The molecule has 2 heterocycles. The van der Waals surface area contributed by atoms with Crippen LogP contribution in [0.2, 0.25) is 0 Å². The molecule has 7 heteroatoms. The highest BCUT2D eigenvalue weighted by Gasteiger charge is 2.23. The van der Waals surface area contributed by atoms with Gasteiger partial charge in [0.15, 0.2) is 5.82 Å². The molecule has 0 aliphatic carbocycles. The molecule has 0 unspecified atom stereocenters. The van der Waals surface area contributed by atoms with Gasteiger partial charge in [0.1, 0.15) is 0 Å². The van der Waals surface area contributed by atoms with Gasteiger partial charge in [-0.2, -0.15) is 4.98 Å². The third kappa shape index (κ3) is 4.78. The standard InChI is InChI=1S/C14H24N4O3/c1-14(2,3)13-15-11(16-21-13)10-18-8-6-17(7-9-18)5-4-12(19)20/h4-10H2,1-3H3,(H,19,20). The lowest BCUT2D eigenvalue weighted by molar-refractivity contribution is -0.137. The molecule has 0 atom stereocenters. The number of nitrogens with zero attached hydrogens (tertiary/aromatic N) is 4. The number of carboxylic acids is 1. The van der Waals surface area contributed by atoms with Gasteiger partial charge in [0.25, 0.3) is 0 Å². The van der Waals surface area contributed by atoms with Crippen molar-refractivity contribution in [3.8, 4) is 0 Å². The monoisotopic (exact) mass is 296 g/mol. The van der Waals surface area contributed by atoms with Gasteiger partial charge >= 0.3 is 5.97 Å². The molecule has 1 saturated heterocycles. The second-order valence-electron chi connectivity index (χ2n) is 6.53. The molecule has 118 valence electrons. The second-order valence-corrected chi connectivity index (χ2v) is 6.53. The molecule has 1 aliphatic heterocycles. The summed E-state index contributed by atoms with van der Waals surface area (Å²) in [6.07, 6.45) is 0.208. The molecule has 0 amide bonds. The molecule has 21 heavy (non-hydrogen) atoms. The molecule has 1 aromatic rings. The number of carboxylic acid groups (broad SMARTS) is 1. The van der Waals surface area contributed by atoms with E-state index in [0.717, 1.165) is 32.0 Å². The Labute approximate surface area is 124 Å². The van der Waals surface area contributed by atoms with Gasteiger partial charge < -0.3 is 14.5 Å². The highest BCUT2D eigenvalue weighted by molar-refractivity contribution is 5.66. The SMILES string of the molecule is CC(C)(C)c1nc(CN2CCN(CCC(=O)O)CC2)no1. The summed E-state index contributed by atoms with van der Waals surface area (Å²) in [4.78, 5) is 19.5. The second kappa shape index (κ2) is 6.53. The van der Waals surface area contributed by atoms with Crippen molar-refractivity contribution >= 4 is 5.97 Å². The summed E-state index contributed by atoms with van der Waals surface area (Å²) in [5, 5.41) is 12.7. The highest BCUT2D eigenvalue weighted by atomic mass is 16.5. The molecule has 1 aliphatic rings. The molecule has 1 fully saturated rings. The molecule has 0 saturated carbocycles. The molecule has 1 aromatic heterocycles. The Morgan fingerprint density at radius 2 is 1.86 bits per heavy atom. The summed E-state index contributed by atoms with van der Waals surface area (Å²) in [7, 11) is 0. The lowest BCUT2D eigenvalue weighted by Gasteiger charge is -2.33. The number of hydrogen-bond acceptors (Lipinski definition) is 6. The number of carbonyl (C=O) groups is 1. The molecule has 1 N–H and O–H groups in total. The Morgan fingerprint density at radius 3 is 2.38 bits per heavy atom. The summed E-state index contributed by atoms with van der Waals surface area (Å²) < 4.78 is 5.29. The van der Waals surface area contributed by atoms with Crippen molar-refractivity contribution in [2.45, 2.75) is 39.2 Å². The van der Waals surface area contributed by atoms with Crippen LogP contribution in [0.5, 0.6) is 0 Å². The van der Waals surface area contributed by atoms with Crippen LogP contribution in [0.3, 0.4) is 0 Å². The Morgan fingerprint density at radius 1 is 1.24 bits per heavy atom. The van der Waals surface area contributed by atoms with Crippen molar-refractivity contribution < 1.29 is 14.4 Å². The van der Waals surface area contributed by atoms with Crippen LogP contribution in [0.4, 0.5) is 0 Å². The van der Waals surface area contributed by atoms with Gasteiger partial charge in [-0.1, -0.05) is 25.9 Å². The third-order valence-corrected chi connectivity index (χ3v) is 3.58. The minimum Gasteiger partial charge on any atom is -0.481 e. The molecule has 0 bridgehead atoms. The lowest BCUT2D eigenvalue weighted by atomic mass is 9.97. The Bertz CT molecular complexity index is 473. The van der Waals surface area contributed by atoms with Crippen LogP contribution in [-0.4, -0.2) is 63.7 Å². The molecular formula is C14H24N4O3. The van der Waals surface area contributed by atoms with Crippen molar-refractivity contribution in [3.63, 3.8) is 0 Å². The number of hydrogen-bond donors (Lipinski definition) is 1. The first-order chi connectivity index (χ1) is 9.84. The van der Waals surface area contributed by atoms with Gasteiger partial charge in [0.2, 0.25) is 5.89 Å². The van der Waals surface area contributed by atoms with E-state index in [0.29, 0.717) is 19.0 Å². The maximum absolute atomic E-state index is 10.6. The van der Waals surface area contributed by atoms with Crippen molar-refractivity contribution in [1.29, 1.82) is 0 Å². The summed E-state index contributed by atoms with van der Waals surface area (Å²) in [5.41, 5.74) is -0.124. The normalized spacial score (nSPS) is 18.0. The van der Waals surface area contributed by atoms with Crippen molar-refractivity contribution in [2.75, 3.05) is 32.7 Å². The fraction of sp³-hybridized carbons (Fsp3) is 0.786. The first kappa shape index (κ1) is 15.9. The molecule has 2 rings (SSSR count). The zero-order valence-corrected chi connectivity index (χ0v) is 13.0. The molecular weight excluding hydrogens is 272 g/mol. The van der Waals surface area contributed by atoms with Crippen molar-refractivity contribution in [1.82, 2.24) is 19.9 Å². The minimum absolute atomic E-state index is 0.124. The van der Waals surface area contributed by atoms with E-state index in [1.165, 1.54) is 0 Å². The van der Waals surface area contributed by atoms with E-state index in [4.69, 9.17) is 9.63 Å². The zero-order chi connectivity index (χ0) is 15.5. The smallest absolute Gasteiger partial charge is 0.304 e. The van der Waals surface area contributed by atoms with Crippen molar-refractivity contribution in [3.05, 3.63) is 11.7 Å². The zero-order valence-electron chi connectivity index (χ0n) is 13.0. The Hall–Kier alpha value is -1.47. The minimum atomic E-state index is -0.737. The summed E-state index contributed by atoms with van der Waals surface area (Å²) in [6.45, 7) is 11.0. The van der Waals surface area contributed by atoms with E-state index in [1.54, 1.807) is 0 Å². The van der Waals surface area contributed by atoms with E-state index in [2.05, 4.69) is 19.9 Å². The maximum atomic E-state index is 10.6. The highest BCUT2D eigenvalue weighted by Crippen LogP contribution is 2.20. The van der Waals surface area contributed by atoms with Gasteiger partial charge in [-0.25, -0.2) is 0 Å². The van der Waals surface area contributed by atoms with Crippen LogP contribution >= 0.6 is 0 Å². The fourth-order valence-corrected chi connectivity index (χ4v) is 2.25. The van der Waals surface area contributed by atoms with Gasteiger partial charge in [0.05, 0.1) is 13.0 Å². The maximum Gasteiger partial charge on any atom is 0.304 e. The quantitative estimate of drug-likeness (QED) is 0.866. The van der Waals surface area contributed by atoms with Crippen LogP contribution in [0.15, 0.2) is 4.52 Å². The largest absolute Gasteiger partial charge is 0.481 e. The Balaban J connectivity index is 1.78. The Kier molecular flexibility index (Phi) is 4.95. The third-order valence-electron chi connectivity index (χ3n) is 3.58. The van der Waals surface area contributed by atoms with Gasteiger partial charge in [-0.3, -0.25) is 9.69 Å². The molecule has 0 spiro atoms. The van der Waals surface area contributed by atoms with Crippen LogP contribution < -0.4 is 0 Å². The average molecular weight is 296 g/mol. The van der Waals surface area contributed by atoms with E-state index >= 15 is 0 Å². The van der Waals surface area contributed by atoms with E-state index in [9.17, 15) is 4.79 Å². The number of aliphatic carboxylic acids is 1. The molecule has 0 aromatic carbocycles.